The monoisotopic (exact) mass is 326 g/mol. The van der Waals surface area contributed by atoms with Crippen LogP contribution in [0.1, 0.15) is 0 Å². The van der Waals surface area contributed by atoms with Crippen molar-refractivity contribution in [3.63, 3.8) is 0 Å². The van der Waals surface area contributed by atoms with Crippen molar-refractivity contribution in [1.29, 1.82) is 0 Å². The molecule has 4 heteroatoms. The first-order chi connectivity index (χ1) is 7.34. The van der Waals surface area contributed by atoms with E-state index in [0.717, 1.165) is 10.7 Å². The average molecular weight is 326 g/mol. The molecule has 0 radical (unpaired) electrons. The van der Waals surface area contributed by atoms with Gasteiger partial charge in [-0.3, -0.25) is 4.40 Å². The Labute approximate surface area is 105 Å². The van der Waals surface area contributed by atoms with Crippen LogP contribution in [0.15, 0.2) is 42.0 Å². The molecule has 3 rings (SSSR count). The maximum absolute atomic E-state index is 4.58. The number of nitrogens with zero attached hydrogens (tertiary/aromatic N) is 2. The summed E-state index contributed by atoms with van der Waals surface area (Å²) in [6, 6.07) is 8.30. The number of halogens is 1. The number of hydrogen-bond donors (Lipinski definition) is 0. The molecule has 15 heavy (non-hydrogen) atoms. The lowest BCUT2D eigenvalue weighted by Crippen LogP contribution is -1.81. The van der Waals surface area contributed by atoms with Crippen molar-refractivity contribution < 1.29 is 0 Å². The van der Waals surface area contributed by atoms with Gasteiger partial charge in [-0.25, -0.2) is 4.98 Å². The highest BCUT2D eigenvalue weighted by Gasteiger charge is 2.07. The smallest absolute Gasteiger partial charge is 0.194 e. The molecule has 0 N–H and O–H groups in total. The molecule has 74 valence electrons. The molecule has 0 aliphatic carbocycles. The lowest BCUT2D eigenvalue weighted by molar-refractivity contribution is 1.23. The van der Waals surface area contributed by atoms with Gasteiger partial charge in [-0.05, 0) is 28.7 Å². The molecule has 1 aromatic carbocycles. The van der Waals surface area contributed by atoms with Gasteiger partial charge in [0.1, 0.15) is 0 Å². The van der Waals surface area contributed by atoms with Crippen LogP contribution >= 0.6 is 33.9 Å². The van der Waals surface area contributed by atoms with Crippen molar-refractivity contribution >= 4 is 38.9 Å². The topological polar surface area (TPSA) is 17.3 Å². The van der Waals surface area contributed by atoms with Crippen LogP contribution < -0.4 is 0 Å². The van der Waals surface area contributed by atoms with E-state index in [1.165, 1.54) is 9.13 Å². The molecule has 0 unspecified atom stereocenters. The largest absolute Gasteiger partial charge is 0.297 e. The minimum atomic E-state index is 1.05. The molecule has 0 amide bonds. The van der Waals surface area contributed by atoms with E-state index < -0.39 is 0 Å². The fourth-order valence-corrected chi connectivity index (χ4v) is 2.89. The van der Waals surface area contributed by atoms with Crippen LogP contribution in [0.4, 0.5) is 0 Å². The zero-order valence-electron chi connectivity index (χ0n) is 7.72. The van der Waals surface area contributed by atoms with Crippen molar-refractivity contribution in [3.8, 4) is 11.3 Å². The summed E-state index contributed by atoms with van der Waals surface area (Å²) >= 11 is 4.00. The minimum absolute atomic E-state index is 1.05. The highest BCUT2D eigenvalue weighted by atomic mass is 127. The minimum Gasteiger partial charge on any atom is -0.297 e. The van der Waals surface area contributed by atoms with Crippen molar-refractivity contribution in [3.05, 3.63) is 45.6 Å². The van der Waals surface area contributed by atoms with Crippen LogP contribution in [0, 0.1) is 3.57 Å². The van der Waals surface area contributed by atoms with Gasteiger partial charge in [-0.1, -0.05) is 18.2 Å². The summed E-state index contributed by atoms with van der Waals surface area (Å²) in [5.41, 5.74) is 2.25. The number of benzene rings is 1. The first kappa shape index (κ1) is 9.35. The molecule has 3 aromatic rings. The Morgan fingerprint density at radius 1 is 1.27 bits per heavy atom. The quantitative estimate of drug-likeness (QED) is 0.624. The maximum Gasteiger partial charge on any atom is 0.194 e. The molecule has 0 saturated heterocycles. The summed E-state index contributed by atoms with van der Waals surface area (Å²) in [5.74, 6) is 0. The number of rotatable bonds is 1. The molecule has 0 aliphatic heterocycles. The number of fused-ring (bicyclic) bond motifs is 1. The normalized spacial score (nSPS) is 11.0. The van der Waals surface area contributed by atoms with Crippen LogP contribution in [0.2, 0.25) is 0 Å². The third kappa shape index (κ3) is 1.57. The molecular weight excluding hydrogens is 319 g/mol. The van der Waals surface area contributed by atoms with E-state index in [4.69, 9.17) is 0 Å². The Kier molecular flexibility index (Phi) is 2.25. The zero-order chi connectivity index (χ0) is 10.3. The van der Waals surface area contributed by atoms with Gasteiger partial charge in [0.2, 0.25) is 0 Å². The number of imidazole rings is 1. The number of aromatic nitrogens is 2. The maximum atomic E-state index is 4.58. The van der Waals surface area contributed by atoms with Gasteiger partial charge in [0.15, 0.2) is 4.96 Å². The van der Waals surface area contributed by atoms with Crippen LogP contribution in [0.5, 0.6) is 0 Å². The van der Waals surface area contributed by atoms with Gasteiger partial charge >= 0.3 is 0 Å². The lowest BCUT2D eigenvalue weighted by atomic mass is 10.2. The van der Waals surface area contributed by atoms with Crippen molar-refractivity contribution in [2.75, 3.05) is 0 Å². The average Bonchev–Trinajstić information content (AvgIpc) is 2.77. The lowest BCUT2D eigenvalue weighted by Gasteiger charge is -1.98. The van der Waals surface area contributed by atoms with E-state index in [1.807, 2.05) is 23.7 Å². The fourth-order valence-electron chi connectivity index (χ4n) is 1.53. The third-order valence-corrected chi connectivity index (χ3v) is 3.95. The summed E-state index contributed by atoms with van der Waals surface area (Å²) in [6.45, 7) is 0. The van der Waals surface area contributed by atoms with Gasteiger partial charge in [0.05, 0.1) is 5.69 Å². The second kappa shape index (κ2) is 3.61. The van der Waals surface area contributed by atoms with E-state index >= 15 is 0 Å². The predicted molar refractivity (Wildman–Crippen MR) is 71.2 cm³/mol. The first-order valence-electron chi connectivity index (χ1n) is 4.52. The van der Waals surface area contributed by atoms with Crippen LogP contribution in [-0.4, -0.2) is 9.38 Å². The highest BCUT2D eigenvalue weighted by molar-refractivity contribution is 14.1. The molecule has 0 spiro atoms. The molecule has 0 fully saturated rings. The molecule has 0 bridgehead atoms. The molecule has 2 aromatic heterocycles. The molecule has 2 nitrogen and oxygen atoms in total. The van der Waals surface area contributed by atoms with Crippen molar-refractivity contribution in [2.45, 2.75) is 0 Å². The van der Waals surface area contributed by atoms with Crippen molar-refractivity contribution in [2.24, 2.45) is 0 Å². The van der Waals surface area contributed by atoms with E-state index in [2.05, 4.69) is 50.3 Å². The SMILES string of the molecule is Ic1ccccc1-c1cn2ccsc2n1. The molecule has 0 aliphatic rings. The Morgan fingerprint density at radius 3 is 2.93 bits per heavy atom. The Bertz CT molecular complexity index is 583. The van der Waals surface area contributed by atoms with E-state index in [0.29, 0.717) is 0 Å². The summed E-state index contributed by atoms with van der Waals surface area (Å²) in [5, 5.41) is 2.04. The Hall–Kier alpha value is -0.880. The van der Waals surface area contributed by atoms with Gasteiger partial charge in [-0.2, -0.15) is 0 Å². The van der Waals surface area contributed by atoms with Crippen LogP contribution in [-0.2, 0) is 0 Å². The molecule has 0 atom stereocenters. The van der Waals surface area contributed by atoms with Crippen LogP contribution in [0.3, 0.4) is 0 Å². The summed E-state index contributed by atoms with van der Waals surface area (Å²) < 4.78 is 3.30. The standard InChI is InChI=1S/C11H7IN2S/c12-9-4-2-1-3-8(9)10-7-14-5-6-15-11(14)13-10/h1-7H. The van der Waals surface area contributed by atoms with E-state index in [1.54, 1.807) is 11.3 Å². The van der Waals surface area contributed by atoms with E-state index in [9.17, 15) is 0 Å². The molecule has 2 heterocycles. The fraction of sp³-hybridized carbons (Fsp3) is 0. The molecule has 0 saturated carbocycles. The Morgan fingerprint density at radius 2 is 2.13 bits per heavy atom. The first-order valence-corrected chi connectivity index (χ1v) is 6.47. The second-order valence-electron chi connectivity index (χ2n) is 3.20. The van der Waals surface area contributed by atoms with Gasteiger partial charge in [-0.15, -0.1) is 11.3 Å². The van der Waals surface area contributed by atoms with Gasteiger partial charge in [0, 0.05) is 26.9 Å². The molecular formula is C11H7IN2S. The second-order valence-corrected chi connectivity index (χ2v) is 5.23. The summed E-state index contributed by atoms with van der Waals surface area (Å²) in [7, 11) is 0. The third-order valence-electron chi connectivity index (χ3n) is 2.24. The Balaban J connectivity index is 2.22. The predicted octanol–water partition coefficient (Wildman–Crippen LogP) is 3.67. The number of thiazole rings is 1. The van der Waals surface area contributed by atoms with E-state index in [-0.39, 0.29) is 0 Å². The van der Waals surface area contributed by atoms with Crippen LogP contribution in [0.25, 0.3) is 16.2 Å². The van der Waals surface area contributed by atoms with Gasteiger partial charge in [0.25, 0.3) is 0 Å². The summed E-state index contributed by atoms with van der Waals surface area (Å²) in [4.78, 5) is 5.63. The highest BCUT2D eigenvalue weighted by Crippen LogP contribution is 2.25. The van der Waals surface area contributed by atoms with Crippen molar-refractivity contribution in [1.82, 2.24) is 9.38 Å². The summed E-state index contributed by atoms with van der Waals surface area (Å²) in [6.07, 6.45) is 4.11. The zero-order valence-corrected chi connectivity index (χ0v) is 10.7. The van der Waals surface area contributed by atoms with Gasteiger partial charge < -0.3 is 0 Å². The number of hydrogen-bond acceptors (Lipinski definition) is 2.